The molecule has 0 bridgehead atoms. The summed E-state index contributed by atoms with van der Waals surface area (Å²) in [4.78, 5) is 22.1. The van der Waals surface area contributed by atoms with Crippen LogP contribution in [0.4, 0.5) is 32.2 Å². The molecule has 1 aliphatic heterocycles. The Morgan fingerprint density at radius 3 is 2.47 bits per heavy atom. The van der Waals surface area contributed by atoms with Crippen LogP contribution in [0.2, 0.25) is 0 Å². The van der Waals surface area contributed by atoms with Crippen LogP contribution in [-0.4, -0.2) is 49.1 Å². The number of aliphatic hydroxyl groups is 1. The number of alkyl halides is 6. The minimum Gasteiger partial charge on any atom is -0.395 e. The number of rotatable bonds is 5. The molecular weight excluding hydrogens is 492 g/mol. The number of nitrogens with zero attached hydrogens (tertiary/aromatic N) is 4. The van der Waals surface area contributed by atoms with E-state index in [9.17, 15) is 36.2 Å². The molecule has 0 saturated heterocycles. The highest BCUT2D eigenvalue weighted by atomic mass is 19.4. The van der Waals surface area contributed by atoms with Gasteiger partial charge in [-0.15, -0.1) is 0 Å². The molecular formula is C23H21F6N5O2. The summed E-state index contributed by atoms with van der Waals surface area (Å²) in [7, 11) is 0. The second-order valence-electron chi connectivity index (χ2n) is 9.23. The summed E-state index contributed by atoms with van der Waals surface area (Å²) in [5.74, 6) is -3.15. The van der Waals surface area contributed by atoms with Gasteiger partial charge in [0, 0.05) is 29.9 Å². The van der Waals surface area contributed by atoms with Gasteiger partial charge < -0.3 is 15.7 Å². The lowest BCUT2D eigenvalue weighted by atomic mass is 9.89. The molecule has 1 amide bonds. The van der Waals surface area contributed by atoms with E-state index >= 15 is 0 Å². The third-order valence-corrected chi connectivity index (χ3v) is 6.92. The summed E-state index contributed by atoms with van der Waals surface area (Å²) in [6.07, 6.45) is -6.01. The van der Waals surface area contributed by atoms with E-state index < -0.39 is 47.9 Å². The third-order valence-electron chi connectivity index (χ3n) is 6.92. The van der Waals surface area contributed by atoms with Gasteiger partial charge in [0.2, 0.25) is 0 Å². The highest BCUT2D eigenvalue weighted by molar-refractivity contribution is 6.01. The van der Waals surface area contributed by atoms with Crippen molar-refractivity contribution in [2.45, 2.75) is 50.6 Å². The minimum absolute atomic E-state index is 0.0358. The van der Waals surface area contributed by atoms with Gasteiger partial charge >= 0.3 is 12.4 Å². The third kappa shape index (κ3) is 3.94. The molecule has 13 heteroatoms. The molecule has 5 rings (SSSR count). The molecule has 2 aliphatic rings. The molecule has 1 unspecified atom stereocenters. The first kappa shape index (κ1) is 24.3. The number of carbonyl (C=O) groups excluding carboxylic acids is 1. The first-order valence-electron chi connectivity index (χ1n) is 11.2. The van der Waals surface area contributed by atoms with Gasteiger partial charge in [-0.3, -0.25) is 9.20 Å². The standard InChI is InChI=1S/C23H21F6N5O2/c1-10(11-2-3-11)33-7-13-4-12(5-14(18(13)21(33)36)15(9-35)22(24,25)26)16-6-31-20-19(30)32-17(8-34(16)20)23(27,28)29/h4-6,8,10-11,15,35H,2-3,7,9H2,1H3,(H2,30,32)/t10-,15?/m0/s1. The summed E-state index contributed by atoms with van der Waals surface area (Å²) in [5, 5.41) is 9.65. The fourth-order valence-corrected chi connectivity index (χ4v) is 4.84. The van der Waals surface area contributed by atoms with Crippen LogP contribution >= 0.6 is 0 Å². The second kappa shape index (κ2) is 8.08. The minimum atomic E-state index is -4.87. The largest absolute Gasteiger partial charge is 0.434 e. The van der Waals surface area contributed by atoms with Gasteiger partial charge in [0.25, 0.3) is 5.91 Å². The number of nitrogens with two attached hydrogens (primary N) is 1. The number of halogens is 6. The summed E-state index contributed by atoms with van der Waals surface area (Å²) < 4.78 is 82.8. The van der Waals surface area contributed by atoms with Crippen molar-refractivity contribution in [3.63, 3.8) is 0 Å². The number of aliphatic hydroxyl groups excluding tert-OH is 1. The molecule has 2 atom stereocenters. The van der Waals surface area contributed by atoms with E-state index in [0.29, 0.717) is 11.8 Å². The molecule has 7 nitrogen and oxygen atoms in total. The lowest BCUT2D eigenvalue weighted by Crippen LogP contribution is -2.35. The number of hydrogen-bond donors (Lipinski definition) is 2. The molecule has 1 aromatic carbocycles. The summed E-state index contributed by atoms with van der Waals surface area (Å²) in [6.45, 7) is 0.595. The van der Waals surface area contributed by atoms with Crippen LogP contribution in [0.3, 0.4) is 0 Å². The van der Waals surface area contributed by atoms with Crippen LogP contribution in [0, 0.1) is 5.92 Å². The van der Waals surface area contributed by atoms with Gasteiger partial charge in [-0.1, -0.05) is 0 Å². The molecule has 36 heavy (non-hydrogen) atoms. The maximum Gasteiger partial charge on any atom is 0.434 e. The quantitative estimate of drug-likeness (QED) is 0.494. The number of aromatic nitrogens is 3. The summed E-state index contributed by atoms with van der Waals surface area (Å²) in [6, 6.07) is 2.38. The maximum atomic E-state index is 13.9. The molecule has 1 aliphatic carbocycles. The second-order valence-corrected chi connectivity index (χ2v) is 9.23. The van der Waals surface area contributed by atoms with E-state index in [1.165, 1.54) is 17.2 Å². The fraction of sp³-hybridized carbons (Fsp3) is 0.435. The lowest BCUT2D eigenvalue weighted by Gasteiger charge is -2.25. The van der Waals surface area contributed by atoms with Crippen LogP contribution in [-0.2, 0) is 12.7 Å². The zero-order valence-corrected chi connectivity index (χ0v) is 18.9. The highest BCUT2D eigenvalue weighted by Crippen LogP contribution is 2.44. The van der Waals surface area contributed by atoms with E-state index in [0.717, 1.165) is 23.3 Å². The number of carbonyl (C=O) groups is 1. The Bertz CT molecular complexity index is 1360. The number of anilines is 1. The first-order chi connectivity index (χ1) is 16.8. The van der Waals surface area contributed by atoms with Crippen LogP contribution in [0.25, 0.3) is 16.9 Å². The van der Waals surface area contributed by atoms with Crippen molar-refractivity contribution >= 4 is 17.4 Å². The van der Waals surface area contributed by atoms with Crippen molar-refractivity contribution < 1.29 is 36.2 Å². The van der Waals surface area contributed by atoms with Gasteiger partial charge in [-0.25, -0.2) is 9.97 Å². The number of imidazole rings is 1. The number of amides is 1. The van der Waals surface area contributed by atoms with Gasteiger partial charge in [-0.2, -0.15) is 26.3 Å². The zero-order chi connectivity index (χ0) is 26.2. The Morgan fingerprint density at radius 1 is 1.19 bits per heavy atom. The van der Waals surface area contributed by atoms with Crippen molar-refractivity contribution in [3.05, 3.63) is 46.9 Å². The van der Waals surface area contributed by atoms with Crippen molar-refractivity contribution in [1.29, 1.82) is 0 Å². The molecule has 2 aromatic heterocycles. The molecule has 3 aromatic rings. The maximum absolute atomic E-state index is 13.9. The monoisotopic (exact) mass is 513 g/mol. The van der Waals surface area contributed by atoms with E-state index in [1.54, 1.807) is 0 Å². The Balaban J connectivity index is 1.71. The van der Waals surface area contributed by atoms with Gasteiger partial charge in [0.05, 0.1) is 18.5 Å². The van der Waals surface area contributed by atoms with Crippen LogP contribution < -0.4 is 5.73 Å². The molecule has 1 saturated carbocycles. The van der Waals surface area contributed by atoms with Crippen molar-refractivity contribution in [1.82, 2.24) is 19.3 Å². The molecule has 0 spiro atoms. The normalized spacial score (nSPS) is 18.1. The van der Waals surface area contributed by atoms with Gasteiger partial charge in [-0.05, 0) is 48.9 Å². The van der Waals surface area contributed by atoms with Crippen LogP contribution in [0.1, 0.15) is 52.9 Å². The Hall–Kier alpha value is -3.35. The van der Waals surface area contributed by atoms with E-state index in [4.69, 9.17) is 5.73 Å². The van der Waals surface area contributed by atoms with Crippen molar-refractivity contribution in [2.75, 3.05) is 12.3 Å². The molecule has 0 radical (unpaired) electrons. The molecule has 192 valence electrons. The topological polar surface area (TPSA) is 96.8 Å². The Morgan fingerprint density at radius 2 is 1.89 bits per heavy atom. The Labute approximate surface area is 200 Å². The smallest absolute Gasteiger partial charge is 0.395 e. The lowest BCUT2D eigenvalue weighted by molar-refractivity contribution is -0.158. The zero-order valence-electron chi connectivity index (χ0n) is 18.9. The van der Waals surface area contributed by atoms with E-state index in [2.05, 4.69) is 9.97 Å². The molecule has 3 heterocycles. The average Bonchev–Trinajstić information content (AvgIpc) is 3.45. The summed E-state index contributed by atoms with van der Waals surface area (Å²) in [5.41, 5.74) is 4.15. The number of benzene rings is 1. The van der Waals surface area contributed by atoms with E-state index in [1.807, 2.05) is 6.92 Å². The number of nitrogen functional groups attached to an aromatic ring is 1. The van der Waals surface area contributed by atoms with Gasteiger partial charge in [0.15, 0.2) is 17.2 Å². The van der Waals surface area contributed by atoms with Crippen molar-refractivity contribution in [2.24, 2.45) is 5.92 Å². The number of fused-ring (bicyclic) bond motifs is 2. The average molecular weight is 513 g/mol. The number of hydrogen-bond acceptors (Lipinski definition) is 5. The predicted octanol–water partition coefficient (Wildman–Crippen LogP) is 4.39. The first-order valence-corrected chi connectivity index (χ1v) is 11.2. The molecule has 1 fully saturated rings. The van der Waals surface area contributed by atoms with E-state index in [-0.39, 0.29) is 41.0 Å². The highest BCUT2D eigenvalue weighted by Gasteiger charge is 2.46. The van der Waals surface area contributed by atoms with Crippen LogP contribution in [0.15, 0.2) is 24.5 Å². The van der Waals surface area contributed by atoms with Crippen LogP contribution in [0.5, 0.6) is 0 Å². The molecule has 3 N–H and O–H groups in total. The van der Waals surface area contributed by atoms with Crippen molar-refractivity contribution in [3.8, 4) is 11.3 Å². The van der Waals surface area contributed by atoms with Gasteiger partial charge in [0.1, 0.15) is 5.92 Å². The SMILES string of the molecule is C[C@@H](C1CC1)N1Cc2cc(-c3cnc4c(N)nc(C(F)(F)F)cn34)cc(C(CO)C(F)(F)F)c2C1=O. The summed E-state index contributed by atoms with van der Waals surface area (Å²) >= 11 is 0. The predicted molar refractivity (Wildman–Crippen MR) is 116 cm³/mol. The Kier molecular flexibility index (Phi) is 5.47. The fourth-order valence-electron chi connectivity index (χ4n) is 4.84.